The molecule has 1 amide bonds. The third-order valence-corrected chi connectivity index (χ3v) is 4.43. The van der Waals surface area contributed by atoms with E-state index in [2.05, 4.69) is 5.32 Å². The minimum Gasteiger partial charge on any atom is -0.457 e. The lowest BCUT2D eigenvalue weighted by Gasteiger charge is -2.06. The molecule has 3 aromatic rings. The van der Waals surface area contributed by atoms with E-state index in [1.165, 1.54) is 24.3 Å². The predicted molar refractivity (Wildman–Crippen MR) is 109 cm³/mol. The number of aryl methyl sites for hydroxylation is 1. The number of benzene rings is 2. The van der Waals surface area contributed by atoms with Gasteiger partial charge in [-0.1, -0.05) is 29.8 Å². The number of carbonyl (C=O) groups excluding carboxylic acids is 1. The average molecular weight is 408 g/mol. The van der Waals surface area contributed by atoms with Gasteiger partial charge in [0.25, 0.3) is 11.6 Å². The first-order valence-corrected chi connectivity index (χ1v) is 8.80. The molecule has 0 saturated carbocycles. The average Bonchev–Trinajstić information content (AvgIpc) is 3.16. The quantitative estimate of drug-likeness (QED) is 0.265. The normalized spacial score (nSPS) is 11.0. The lowest BCUT2D eigenvalue weighted by molar-refractivity contribution is -0.384. The van der Waals surface area contributed by atoms with Gasteiger partial charge in [0.15, 0.2) is 0 Å². The van der Waals surface area contributed by atoms with Crippen LogP contribution in [0.4, 0.5) is 11.4 Å². The molecule has 144 valence electrons. The fourth-order valence-corrected chi connectivity index (χ4v) is 2.80. The minimum absolute atomic E-state index is 0.131. The molecule has 0 fully saturated rings. The van der Waals surface area contributed by atoms with Crippen LogP contribution in [0.25, 0.3) is 17.4 Å². The zero-order valence-corrected chi connectivity index (χ0v) is 15.9. The van der Waals surface area contributed by atoms with E-state index in [1.54, 1.807) is 24.3 Å². The molecule has 0 aliphatic heterocycles. The van der Waals surface area contributed by atoms with Crippen molar-refractivity contribution in [3.8, 4) is 17.4 Å². The van der Waals surface area contributed by atoms with E-state index in [9.17, 15) is 20.2 Å². The number of hydrogen-bond donors (Lipinski definition) is 1. The molecule has 0 aliphatic rings. The van der Waals surface area contributed by atoms with E-state index in [0.717, 1.165) is 5.56 Å². The van der Waals surface area contributed by atoms with Gasteiger partial charge in [-0.25, -0.2) is 0 Å². The Morgan fingerprint density at radius 3 is 2.69 bits per heavy atom. The van der Waals surface area contributed by atoms with Crippen molar-refractivity contribution in [3.63, 3.8) is 0 Å². The Kier molecular flexibility index (Phi) is 5.77. The number of anilines is 1. The number of nitrogens with one attached hydrogen (secondary N) is 1. The van der Waals surface area contributed by atoms with Gasteiger partial charge in [0.2, 0.25) is 0 Å². The summed E-state index contributed by atoms with van der Waals surface area (Å²) in [5.41, 5.74) is 1.51. The molecule has 7 nitrogen and oxygen atoms in total. The fraction of sp³-hybridized carbons (Fsp3) is 0.0476. The first kappa shape index (κ1) is 19.9. The van der Waals surface area contributed by atoms with Crippen molar-refractivity contribution in [2.45, 2.75) is 6.92 Å². The van der Waals surface area contributed by atoms with Gasteiger partial charge in [0, 0.05) is 29.5 Å². The molecule has 0 aliphatic carbocycles. The van der Waals surface area contributed by atoms with E-state index in [1.807, 2.05) is 25.1 Å². The maximum Gasteiger partial charge on any atom is 0.270 e. The molecule has 29 heavy (non-hydrogen) atoms. The van der Waals surface area contributed by atoms with Crippen LogP contribution in [0.2, 0.25) is 5.02 Å². The summed E-state index contributed by atoms with van der Waals surface area (Å²) >= 11 is 6.12. The van der Waals surface area contributed by atoms with Gasteiger partial charge >= 0.3 is 0 Å². The number of hydrogen-bond acceptors (Lipinski definition) is 5. The van der Waals surface area contributed by atoms with Crippen LogP contribution in [-0.2, 0) is 4.79 Å². The van der Waals surface area contributed by atoms with Gasteiger partial charge in [-0.2, -0.15) is 5.26 Å². The number of furan rings is 1. The van der Waals surface area contributed by atoms with Gasteiger partial charge in [-0.15, -0.1) is 0 Å². The molecule has 3 rings (SSSR count). The van der Waals surface area contributed by atoms with E-state index in [0.29, 0.717) is 11.3 Å². The van der Waals surface area contributed by atoms with Crippen LogP contribution >= 0.6 is 11.6 Å². The molecule has 0 bridgehead atoms. The van der Waals surface area contributed by atoms with E-state index >= 15 is 0 Å². The molecule has 8 heteroatoms. The number of halogens is 1. The number of nitrogens with zero attached hydrogens (tertiary/aromatic N) is 2. The summed E-state index contributed by atoms with van der Waals surface area (Å²) in [6, 6.07) is 16.1. The number of para-hydroxylation sites is 1. The lowest BCUT2D eigenvalue weighted by atomic mass is 10.1. The van der Waals surface area contributed by atoms with Crippen molar-refractivity contribution in [1.29, 1.82) is 5.26 Å². The molecule has 0 saturated heterocycles. The maximum atomic E-state index is 12.4. The molecule has 0 radical (unpaired) electrons. The van der Waals surface area contributed by atoms with Crippen LogP contribution in [0.3, 0.4) is 0 Å². The number of carbonyl (C=O) groups is 1. The van der Waals surface area contributed by atoms with Crippen molar-refractivity contribution in [2.24, 2.45) is 0 Å². The minimum atomic E-state index is -0.576. The smallest absolute Gasteiger partial charge is 0.270 e. The van der Waals surface area contributed by atoms with Crippen LogP contribution in [0.5, 0.6) is 0 Å². The fourth-order valence-electron chi connectivity index (χ4n) is 2.58. The highest BCUT2D eigenvalue weighted by Crippen LogP contribution is 2.33. The second kappa shape index (κ2) is 8.42. The molecular weight excluding hydrogens is 394 g/mol. The molecule has 0 unspecified atom stereocenters. The number of nitriles is 1. The molecule has 0 spiro atoms. The first-order valence-electron chi connectivity index (χ1n) is 8.42. The van der Waals surface area contributed by atoms with Crippen molar-refractivity contribution >= 4 is 35.0 Å². The highest BCUT2D eigenvalue weighted by molar-refractivity contribution is 6.33. The van der Waals surface area contributed by atoms with E-state index in [-0.39, 0.29) is 27.8 Å². The number of non-ortho nitro benzene ring substituents is 1. The summed E-state index contributed by atoms with van der Waals surface area (Å²) < 4.78 is 5.63. The lowest BCUT2D eigenvalue weighted by Crippen LogP contribution is -2.14. The zero-order chi connectivity index (χ0) is 21.0. The van der Waals surface area contributed by atoms with E-state index < -0.39 is 10.8 Å². The first-order chi connectivity index (χ1) is 13.9. The second-order valence-electron chi connectivity index (χ2n) is 6.06. The number of rotatable bonds is 5. The molecular formula is C21H14ClN3O4. The number of amides is 1. The summed E-state index contributed by atoms with van der Waals surface area (Å²) in [4.78, 5) is 22.9. The predicted octanol–water partition coefficient (Wildman–Crippen LogP) is 5.36. The van der Waals surface area contributed by atoms with Crippen LogP contribution < -0.4 is 5.32 Å². The highest BCUT2D eigenvalue weighted by Gasteiger charge is 2.16. The van der Waals surface area contributed by atoms with Crippen LogP contribution in [0.1, 0.15) is 11.3 Å². The number of nitro groups is 1. The van der Waals surface area contributed by atoms with Gasteiger partial charge in [-0.05, 0) is 36.8 Å². The molecule has 1 N–H and O–H groups in total. The van der Waals surface area contributed by atoms with Gasteiger partial charge in [0.1, 0.15) is 23.2 Å². The van der Waals surface area contributed by atoms with Crippen LogP contribution in [0.15, 0.2) is 64.6 Å². The Labute approximate surface area is 171 Å². The van der Waals surface area contributed by atoms with Crippen LogP contribution in [0, 0.1) is 28.4 Å². The van der Waals surface area contributed by atoms with Gasteiger partial charge in [-0.3, -0.25) is 14.9 Å². The highest BCUT2D eigenvalue weighted by atomic mass is 35.5. The zero-order valence-electron chi connectivity index (χ0n) is 15.2. The SMILES string of the molecule is Cc1ccccc1NC(=O)/C(C#N)=C\c1ccc(-c2cc([N+](=O)[O-])ccc2Cl)o1. The topological polar surface area (TPSA) is 109 Å². The van der Waals surface area contributed by atoms with Crippen molar-refractivity contribution < 1.29 is 14.1 Å². The third kappa shape index (κ3) is 4.51. The third-order valence-electron chi connectivity index (χ3n) is 4.10. The summed E-state index contributed by atoms with van der Waals surface area (Å²) in [7, 11) is 0. The standard InChI is InChI=1S/C21H14ClN3O4/c1-13-4-2-3-5-19(13)24-21(26)14(12-23)10-16-7-9-20(29-16)17-11-15(25(27)28)6-8-18(17)22/h2-11H,1H3,(H,24,26)/b14-10-. The number of nitro benzene ring substituents is 1. The second-order valence-corrected chi connectivity index (χ2v) is 6.47. The van der Waals surface area contributed by atoms with Gasteiger partial charge in [0.05, 0.1) is 9.95 Å². The van der Waals surface area contributed by atoms with Crippen molar-refractivity contribution in [2.75, 3.05) is 5.32 Å². The Morgan fingerprint density at radius 2 is 2.00 bits per heavy atom. The molecule has 1 aromatic heterocycles. The Morgan fingerprint density at radius 1 is 1.24 bits per heavy atom. The molecule has 1 heterocycles. The van der Waals surface area contributed by atoms with Gasteiger partial charge < -0.3 is 9.73 Å². The summed E-state index contributed by atoms with van der Waals surface area (Å²) in [6.45, 7) is 1.84. The van der Waals surface area contributed by atoms with Crippen molar-refractivity contribution in [1.82, 2.24) is 0 Å². The summed E-state index contributed by atoms with van der Waals surface area (Å²) in [6.07, 6.45) is 1.29. The molecule has 2 aromatic carbocycles. The van der Waals surface area contributed by atoms with Crippen LogP contribution in [-0.4, -0.2) is 10.8 Å². The van der Waals surface area contributed by atoms with E-state index in [4.69, 9.17) is 16.0 Å². The van der Waals surface area contributed by atoms with Crippen molar-refractivity contribution in [3.05, 3.63) is 86.6 Å². The monoisotopic (exact) mass is 407 g/mol. The summed E-state index contributed by atoms with van der Waals surface area (Å²) in [5, 5.41) is 23.3. The summed E-state index contributed by atoms with van der Waals surface area (Å²) in [5.74, 6) is -0.0614. The molecule has 0 atom stereocenters. The Bertz CT molecular complexity index is 1170. The largest absolute Gasteiger partial charge is 0.457 e. The maximum absolute atomic E-state index is 12.4. The Balaban J connectivity index is 1.87. The Hall–Kier alpha value is -3.89.